The van der Waals surface area contributed by atoms with Crippen molar-refractivity contribution in [3.63, 3.8) is 0 Å². The Morgan fingerprint density at radius 1 is 1.78 bits per heavy atom. The first-order valence-corrected chi connectivity index (χ1v) is 2.16. The number of rotatable bonds is 1. The number of hydrogen-bond donors (Lipinski definition) is 1. The van der Waals surface area contributed by atoms with Crippen LogP contribution in [-0.4, -0.2) is 17.6 Å². The predicted octanol–water partition coefficient (Wildman–Crippen LogP) is 1.80. The van der Waals surface area contributed by atoms with Gasteiger partial charge < -0.3 is 9.84 Å². The molecular weight excluding hydrogens is 127 g/mol. The molecular formula is C5H9FO3. The second kappa shape index (κ2) is 6.94. The topological polar surface area (TPSA) is 46.5 Å². The molecule has 0 saturated carbocycles. The van der Waals surface area contributed by atoms with Crippen molar-refractivity contribution in [2.24, 2.45) is 0 Å². The molecule has 0 spiro atoms. The fourth-order valence-corrected chi connectivity index (χ4v) is 0.139. The molecule has 0 fully saturated rings. The second-order valence-electron chi connectivity index (χ2n) is 0.927. The highest BCUT2D eigenvalue weighted by molar-refractivity contribution is 5.56. The lowest BCUT2D eigenvalue weighted by atomic mass is 10.8. The summed E-state index contributed by atoms with van der Waals surface area (Å²) in [6, 6.07) is 0. The maximum absolute atomic E-state index is 11.3. The minimum Gasteiger partial charge on any atom is -0.450 e. The maximum atomic E-state index is 11.3. The molecule has 0 aliphatic carbocycles. The average molecular weight is 136 g/mol. The first kappa shape index (κ1) is 10.8. The molecule has 0 aromatic carbocycles. The highest BCUT2D eigenvalue weighted by Gasteiger charge is 2.01. The van der Waals surface area contributed by atoms with Gasteiger partial charge in [-0.3, -0.25) is 0 Å². The summed E-state index contributed by atoms with van der Waals surface area (Å²) in [5.74, 6) is 0. The number of halogens is 1. The summed E-state index contributed by atoms with van der Waals surface area (Å²) in [5.41, 5.74) is 0. The summed E-state index contributed by atoms with van der Waals surface area (Å²) in [5, 5.41) is 7.62. The third-order valence-corrected chi connectivity index (χ3v) is 0.263. The van der Waals surface area contributed by atoms with Gasteiger partial charge in [0.05, 0.1) is 0 Å². The molecule has 1 unspecified atom stereocenters. The van der Waals surface area contributed by atoms with Crippen LogP contribution in [0.4, 0.5) is 9.18 Å². The maximum Gasteiger partial charge on any atom is 0.508 e. The molecule has 0 aliphatic rings. The van der Waals surface area contributed by atoms with E-state index in [2.05, 4.69) is 17.9 Å². The van der Waals surface area contributed by atoms with Crippen LogP contribution in [0, 0.1) is 0 Å². The van der Waals surface area contributed by atoms with Crippen molar-refractivity contribution in [2.75, 3.05) is 0 Å². The Bertz CT molecular complexity index is 82.3. The minimum atomic E-state index is -1.72. The molecule has 0 aliphatic heterocycles. The van der Waals surface area contributed by atoms with Crippen LogP contribution in [0.15, 0.2) is 13.2 Å². The van der Waals surface area contributed by atoms with Crippen LogP contribution in [-0.2, 0) is 4.74 Å². The molecule has 0 saturated heterocycles. The summed E-state index contributed by atoms with van der Waals surface area (Å²) >= 11 is 0. The SMILES string of the molecule is C=C.CC(F)OC(=O)O. The van der Waals surface area contributed by atoms with Gasteiger partial charge in [0.1, 0.15) is 0 Å². The lowest BCUT2D eigenvalue weighted by Gasteiger charge is -1.95. The first-order chi connectivity index (χ1) is 4.13. The van der Waals surface area contributed by atoms with E-state index in [1.54, 1.807) is 0 Å². The summed E-state index contributed by atoms with van der Waals surface area (Å²) in [6.07, 6.45) is -3.31. The highest BCUT2D eigenvalue weighted by Crippen LogP contribution is 1.89. The third kappa shape index (κ3) is 19.6. The van der Waals surface area contributed by atoms with Crippen LogP contribution >= 0.6 is 0 Å². The Morgan fingerprint density at radius 2 is 2.11 bits per heavy atom. The molecule has 9 heavy (non-hydrogen) atoms. The van der Waals surface area contributed by atoms with Gasteiger partial charge in [0.15, 0.2) is 0 Å². The van der Waals surface area contributed by atoms with Crippen molar-refractivity contribution >= 4 is 6.16 Å². The molecule has 1 atom stereocenters. The molecule has 0 amide bonds. The van der Waals surface area contributed by atoms with E-state index in [0.29, 0.717) is 0 Å². The van der Waals surface area contributed by atoms with Crippen molar-refractivity contribution in [1.82, 2.24) is 0 Å². The van der Waals surface area contributed by atoms with Gasteiger partial charge >= 0.3 is 6.16 Å². The number of ether oxygens (including phenoxy) is 1. The first-order valence-electron chi connectivity index (χ1n) is 2.16. The monoisotopic (exact) mass is 136 g/mol. The summed E-state index contributed by atoms with van der Waals surface area (Å²) in [4.78, 5) is 9.35. The van der Waals surface area contributed by atoms with Gasteiger partial charge in [0.25, 0.3) is 0 Å². The van der Waals surface area contributed by atoms with Crippen molar-refractivity contribution in [1.29, 1.82) is 0 Å². The van der Waals surface area contributed by atoms with Gasteiger partial charge in [0, 0.05) is 6.92 Å². The van der Waals surface area contributed by atoms with Gasteiger partial charge in [-0.05, 0) is 0 Å². The molecule has 1 N–H and O–H groups in total. The fraction of sp³-hybridized carbons (Fsp3) is 0.400. The van der Waals surface area contributed by atoms with E-state index in [9.17, 15) is 9.18 Å². The third-order valence-electron chi connectivity index (χ3n) is 0.263. The number of carbonyl (C=O) groups is 1. The van der Waals surface area contributed by atoms with Crippen molar-refractivity contribution < 1.29 is 19.0 Å². The standard InChI is InChI=1S/C3H5FO3.C2H4/c1-2(4)7-3(5)6;1-2/h2H,1H3,(H,5,6);1-2H2. The van der Waals surface area contributed by atoms with E-state index in [4.69, 9.17) is 5.11 Å². The Kier molecular flexibility index (Phi) is 8.36. The van der Waals surface area contributed by atoms with E-state index in [0.717, 1.165) is 6.92 Å². The van der Waals surface area contributed by atoms with Gasteiger partial charge in [-0.1, -0.05) is 0 Å². The molecule has 0 aromatic heterocycles. The zero-order valence-corrected chi connectivity index (χ0v) is 5.13. The fourth-order valence-electron chi connectivity index (χ4n) is 0.139. The molecule has 0 aromatic rings. The molecule has 0 rings (SSSR count). The Morgan fingerprint density at radius 3 is 2.11 bits per heavy atom. The normalized spacial score (nSPS) is 10.4. The largest absolute Gasteiger partial charge is 0.508 e. The predicted molar refractivity (Wildman–Crippen MR) is 30.9 cm³/mol. The van der Waals surface area contributed by atoms with E-state index in [1.165, 1.54) is 0 Å². The van der Waals surface area contributed by atoms with Crippen LogP contribution in [0.3, 0.4) is 0 Å². The van der Waals surface area contributed by atoms with E-state index < -0.39 is 12.5 Å². The smallest absolute Gasteiger partial charge is 0.450 e. The van der Waals surface area contributed by atoms with Crippen LogP contribution in [0.25, 0.3) is 0 Å². The molecule has 3 nitrogen and oxygen atoms in total. The summed E-state index contributed by atoms with van der Waals surface area (Å²) in [6.45, 7) is 6.99. The highest BCUT2D eigenvalue weighted by atomic mass is 19.1. The molecule has 0 radical (unpaired) electrons. The minimum absolute atomic E-state index is 0.994. The van der Waals surface area contributed by atoms with E-state index in [1.807, 2.05) is 0 Å². The molecule has 0 bridgehead atoms. The zero-order chi connectivity index (χ0) is 7.86. The van der Waals surface area contributed by atoms with Crippen LogP contribution in [0.1, 0.15) is 6.92 Å². The Balaban J connectivity index is 0. The van der Waals surface area contributed by atoms with E-state index in [-0.39, 0.29) is 0 Å². The van der Waals surface area contributed by atoms with Crippen molar-refractivity contribution in [3.05, 3.63) is 13.2 Å². The van der Waals surface area contributed by atoms with Crippen molar-refractivity contribution in [3.8, 4) is 0 Å². The van der Waals surface area contributed by atoms with Gasteiger partial charge in [-0.25, -0.2) is 9.18 Å². The Hall–Kier alpha value is -1.06. The number of alkyl halides is 1. The van der Waals surface area contributed by atoms with Gasteiger partial charge in [-0.15, -0.1) is 13.2 Å². The van der Waals surface area contributed by atoms with Crippen LogP contribution < -0.4 is 0 Å². The lowest BCUT2D eigenvalue weighted by Crippen LogP contribution is -2.06. The average Bonchev–Trinajstić information content (AvgIpc) is 1.68. The number of carboxylic acid groups (broad SMARTS) is 1. The van der Waals surface area contributed by atoms with Gasteiger partial charge in [-0.2, -0.15) is 0 Å². The van der Waals surface area contributed by atoms with Gasteiger partial charge in [0.2, 0.25) is 6.36 Å². The molecule has 0 heterocycles. The van der Waals surface area contributed by atoms with Crippen LogP contribution in [0.5, 0.6) is 0 Å². The van der Waals surface area contributed by atoms with E-state index >= 15 is 0 Å². The molecule has 54 valence electrons. The zero-order valence-electron chi connectivity index (χ0n) is 5.13. The number of hydrogen-bond acceptors (Lipinski definition) is 2. The lowest BCUT2D eigenvalue weighted by molar-refractivity contribution is -0.00280. The summed E-state index contributed by atoms with van der Waals surface area (Å²) < 4.78 is 14.8. The second-order valence-corrected chi connectivity index (χ2v) is 0.927. The van der Waals surface area contributed by atoms with Crippen molar-refractivity contribution in [2.45, 2.75) is 13.3 Å². The quantitative estimate of drug-likeness (QED) is 0.441. The summed E-state index contributed by atoms with van der Waals surface area (Å²) in [7, 11) is 0. The Labute approximate surface area is 52.8 Å². The molecule has 4 heteroatoms. The van der Waals surface area contributed by atoms with Crippen LogP contribution in [0.2, 0.25) is 0 Å².